The minimum Gasteiger partial charge on any atom is -0.414 e. The van der Waals surface area contributed by atoms with Gasteiger partial charge < -0.3 is 9.53 Å². The van der Waals surface area contributed by atoms with Crippen LogP contribution in [0.2, 0.25) is 18.1 Å². The van der Waals surface area contributed by atoms with Crippen molar-refractivity contribution >= 4 is 8.32 Å². The zero-order valence-corrected chi connectivity index (χ0v) is 15.9. The van der Waals surface area contributed by atoms with Crippen LogP contribution in [0.5, 0.6) is 0 Å². The average molecular weight is 301 g/mol. The molecule has 0 bridgehead atoms. The molecule has 0 saturated heterocycles. The summed E-state index contributed by atoms with van der Waals surface area (Å²) in [5.74, 6) is 0.334. The monoisotopic (exact) mass is 300 g/mol. The number of hydrogen-bond donors (Lipinski definition) is 1. The second-order valence-electron chi connectivity index (χ2n) is 7.78. The third-order valence-electron chi connectivity index (χ3n) is 4.36. The molecule has 0 aromatic carbocycles. The molecule has 0 heterocycles. The van der Waals surface area contributed by atoms with Gasteiger partial charge in [0.25, 0.3) is 0 Å². The first-order valence-electron chi connectivity index (χ1n) is 7.98. The fraction of sp³-hybridized carbons (Fsp3) is 0.882. The third-order valence-corrected chi connectivity index (χ3v) is 8.96. The number of aliphatic hydroxyl groups is 1. The van der Waals surface area contributed by atoms with Crippen molar-refractivity contribution in [3.05, 3.63) is 12.2 Å². The Morgan fingerprint density at radius 2 is 1.65 bits per heavy atom. The number of rotatable bonds is 8. The first-order valence-corrected chi connectivity index (χ1v) is 10.9. The van der Waals surface area contributed by atoms with Crippen LogP contribution in [0.25, 0.3) is 0 Å². The summed E-state index contributed by atoms with van der Waals surface area (Å²) in [5, 5.41) is 9.98. The van der Waals surface area contributed by atoms with Gasteiger partial charge >= 0.3 is 0 Å². The Labute approximate surface area is 127 Å². The summed E-state index contributed by atoms with van der Waals surface area (Å²) < 4.78 is 6.32. The van der Waals surface area contributed by atoms with Gasteiger partial charge in [-0.2, -0.15) is 0 Å². The van der Waals surface area contributed by atoms with Gasteiger partial charge in [0.1, 0.15) is 0 Å². The van der Waals surface area contributed by atoms with E-state index in [1.54, 1.807) is 0 Å². The maximum absolute atomic E-state index is 9.71. The molecule has 0 unspecified atom stereocenters. The van der Waals surface area contributed by atoms with Crippen LogP contribution in [0.4, 0.5) is 0 Å². The molecule has 0 radical (unpaired) electrons. The molecule has 2 nitrogen and oxygen atoms in total. The van der Waals surface area contributed by atoms with Gasteiger partial charge in [-0.1, -0.05) is 46.8 Å². The van der Waals surface area contributed by atoms with E-state index in [0.29, 0.717) is 12.0 Å². The zero-order valence-electron chi connectivity index (χ0n) is 14.9. The topological polar surface area (TPSA) is 29.5 Å². The van der Waals surface area contributed by atoms with Gasteiger partial charge in [-0.25, -0.2) is 0 Å². The normalized spacial score (nSPS) is 16.9. The van der Waals surface area contributed by atoms with Crippen LogP contribution in [0.1, 0.15) is 60.8 Å². The minimum atomic E-state index is -1.63. The molecule has 0 amide bonds. The Kier molecular flexibility index (Phi) is 8.30. The van der Waals surface area contributed by atoms with E-state index in [4.69, 9.17) is 4.43 Å². The van der Waals surface area contributed by atoms with E-state index in [9.17, 15) is 5.11 Å². The fourth-order valence-corrected chi connectivity index (χ4v) is 3.17. The van der Waals surface area contributed by atoms with E-state index in [1.807, 2.05) is 13.8 Å². The molecule has 120 valence electrons. The molecule has 0 aromatic heterocycles. The van der Waals surface area contributed by atoms with Gasteiger partial charge in [-0.05, 0) is 50.2 Å². The Balaban J connectivity index is 4.01. The molecule has 0 saturated carbocycles. The molecule has 0 aromatic rings. The van der Waals surface area contributed by atoms with Crippen molar-refractivity contribution < 1.29 is 9.53 Å². The zero-order chi connectivity index (χ0) is 16.0. The van der Waals surface area contributed by atoms with Crippen molar-refractivity contribution in [2.75, 3.05) is 0 Å². The van der Waals surface area contributed by atoms with Crippen LogP contribution in [0.15, 0.2) is 12.2 Å². The second-order valence-corrected chi connectivity index (χ2v) is 12.5. The van der Waals surface area contributed by atoms with Crippen LogP contribution in [-0.2, 0) is 4.43 Å². The van der Waals surface area contributed by atoms with E-state index < -0.39 is 8.32 Å². The first kappa shape index (κ1) is 19.9. The largest absolute Gasteiger partial charge is 0.414 e. The number of aliphatic hydroxyl groups excluding tert-OH is 1. The molecule has 0 aliphatic rings. The lowest BCUT2D eigenvalue weighted by molar-refractivity contribution is 0.128. The summed E-state index contributed by atoms with van der Waals surface area (Å²) in [6.45, 7) is 17.7. The Bertz CT molecular complexity index is 290. The van der Waals surface area contributed by atoms with Crippen molar-refractivity contribution in [1.82, 2.24) is 0 Å². The standard InChI is InChI=1S/C17H36O2Si/c1-14(2)16(18)13-11-9-10-12-15(3)19-20(7,8)17(4,5)6/h9,11,14-16,18H,10,12-13H2,1-8H3/b11-9-/t15-,16-/m1/s1. The Morgan fingerprint density at radius 3 is 2.10 bits per heavy atom. The van der Waals surface area contributed by atoms with Gasteiger partial charge in [0, 0.05) is 6.10 Å². The lowest BCUT2D eigenvalue weighted by Crippen LogP contribution is -2.43. The van der Waals surface area contributed by atoms with Crippen molar-refractivity contribution in [3.63, 3.8) is 0 Å². The van der Waals surface area contributed by atoms with E-state index in [0.717, 1.165) is 19.3 Å². The van der Waals surface area contributed by atoms with Crippen LogP contribution in [0.3, 0.4) is 0 Å². The fourth-order valence-electron chi connectivity index (χ4n) is 1.70. The van der Waals surface area contributed by atoms with Gasteiger partial charge in [0.05, 0.1) is 6.10 Å². The number of allylic oxidation sites excluding steroid dienone is 1. The second kappa shape index (κ2) is 8.35. The maximum Gasteiger partial charge on any atom is 0.192 e. The molecular formula is C17H36O2Si. The van der Waals surface area contributed by atoms with Gasteiger partial charge in [-0.15, -0.1) is 0 Å². The van der Waals surface area contributed by atoms with Crippen LogP contribution in [-0.4, -0.2) is 25.6 Å². The molecule has 3 heteroatoms. The molecule has 0 spiro atoms. The molecule has 0 rings (SSSR count). The summed E-state index contributed by atoms with van der Waals surface area (Å²) in [6, 6.07) is 0. The Morgan fingerprint density at radius 1 is 1.10 bits per heavy atom. The van der Waals surface area contributed by atoms with E-state index in [2.05, 4.69) is 52.9 Å². The van der Waals surface area contributed by atoms with E-state index in [1.165, 1.54) is 0 Å². The molecule has 0 aliphatic carbocycles. The van der Waals surface area contributed by atoms with Gasteiger partial charge in [-0.3, -0.25) is 0 Å². The van der Waals surface area contributed by atoms with Crippen LogP contribution < -0.4 is 0 Å². The smallest absolute Gasteiger partial charge is 0.192 e. The minimum absolute atomic E-state index is 0.216. The molecular weight excluding hydrogens is 264 g/mol. The molecule has 1 N–H and O–H groups in total. The first-order chi connectivity index (χ1) is 8.97. The highest BCUT2D eigenvalue weighted by atomic mass is 28.4. The van der Waals surface area contributed by atoms with Crippen molar-refractivity contribution in [2.24, 2.45) is 5.92 Å². The highest BCUT2D eigenvalue weighted by Crippen LogP contribution is 2.37. The van der Waals surface area contributed by atoms with Crippen molar-refractivity contribution in [1.29, 1.82) is 0 Å². The lowest BCUT2D eigenvalue weighted by Gasteiger charge is -2.38. The predicted molar refractivity (Wildman–Crippen MR) is 91.6 cm³/mol. The number of hydrogen-bond acceptors (Lipinski definition) is 2. The Hall–Kier alpha value is -0.123. The van der Waals surface area contributed by atoms with Crippen molar-refractivity contribution in [3.8, 4) is 0 Å². The summed E-state index contributed by atoms with van der Waals surface area (Å²) in [4.78, 5) is 0. The third kappa shape index (κ3) is 7.60. The SMILES string of the molecule is CC(C)[C@H](O)C/C=C\CC[C@@H](C)O[Si](C)(C)C(C)(C)C. The summed E-state index contributed by atoms with van der Waals surface area (Å²) in [5.41, 5.74) is 0. The van der Waals surface area contributed by atoms with E-state index in [-0.39, 0.29) is 11.1 Å². The molecule has 0 fully saturated rings. The molecule has 0 aliphatic heterocycles. The average Bonchev–Trinajstić information content (AvgIpc) is 2.25. The van der Waals surface area contributed by atoms with Gasteiger partial charge in [0.2, 0.25) is 0 Å². The summed E-state index contributed by atoms with van der Waals surface area (Å²) in [6.07, 6.45) is 7.22. The van der Waals surface area contributed by atoms with Crippen LogP contribution >= 0.6 is 0 Å². The van der Waals surface area contributed by atoms with Gasteiger partial charge in [0.15, 0.2) is 8.32 Å². The summed E-state index contributed by atoms with van der Waals surface area (Å²) >= 11 is 0. The highest BCUT2D eigenvalue weighted by molar-refractivity contribution is 6.74. The van der Waals surface area contributed by atoms with E-state index >= 15 is 0 Å². The molecule has 2 atom stereocenters. The van der Waals surface area contributed by atoms with Crippen LogP contribution in [0, 0.1) is 5.92 Å². The summed E-state index contributed by atoms with van der Waals surface area (Å²) in [7, 11) is -1.63. The molecule has 20 heavy (non-hydrogen) atoms. The lowest BCUT2D eigenvalue weighted by atomic mass is 10.0. The highest BCUT2D eigenvalue weighted by Gasteiger charge is 2.38. The quantitative estimate of drug-likeness (QED) is 0.497. The predicted octanol–water partition coefficient (Wildman–Crippen LogP) is 5.14. The van der Waals surface area contributed by atoms with Crippen molar-refractivity contribution in [2.45, 2.75) is 91.1 Å². The maximum atomic E-state index is 9.71.